The van der Waals surface area contributed by atoms with Gasteiger partial charge in [0.15, 0.2) is 0 Å². The summed E-state index contributed by atoms with van der Waals surface area (Å²) >= 11 is 0. The molecular weight excluding hydrogens is 402 g/mol. The molecule has 0 amide bonds. The molecule has 1 aromatic rings. The van der Waals surface area contributed by atoms with E-state index in [-0.39, 0.29) is 11.5 Å². The highest BCUT2D eigenvalue weighted by Gasteiger charge is 2.53. The average Bonchev–Trinajstić information content (AvgIpc) is 2.69. The zero-order valence-corrected chi connectivity index (χ0v) is 19.3. The maximum Gasteiger partial charge on any atom is 0.397 e. The number of rotatable bonds is 4. The largest absolute Gasteiger partial charge is 0.397 e. The molecule has 7 heteroatoms. The van der Waals surface area contributed by atoms with Gasteiger partial charge in [-0.25, -0.2) is 4.18 Å². The summed E-state index contributed by atoms with van der Waals surface area (Å²) in [5.41, 5.74) is 0.598. The SMILES string of the molecule is COC[C@@]1(C)CC[C@H]2[C@@H](CC[C@@H]3C[C@H](OS(=O)(=O)O)CC[C@@]32C)C1.c1ccncc1. The number of methoxy groups -OCH3 is 1. The molecule has 0 spiro atoms. The van der Waals surface area contributed by atoms with Crippen LogP contribution in [0.5, 0.6) is 0 Å². The molecule has 0 radical (unpaired) electrons. The van der Waals surface area contributed by atoms with E-state index in [1.807, 2.05) is 18.2 Å². The Labute approximate surface area is 181 Å². The predicted octanol–water partition coefficient (Wildman–Crippen LogP) is 4.93. The zero-order valence-electron chi connectivity index (χ0n) is 18.5. The van der Waals surface area contributed by atoms with Crippen molar-refractivity contribution in [1.29, 1.82) is 0 Å². The lowest BCUT2D eigenvalue weighted by Crippen LogP contribution is -2.51. The average molecular weight is 440 g/mol. The van der Waals surface area contributed by atoms with E-state index in [0.29, 0.717) is 11.3 Å². The van der Waals surface area contributed by atoms with E-state index < -0.39 is 10.4 Å². The number of aromatic nitrogens is 1. The van der Waals surface area contributed by atoms with Gasteiger partial charge in [0, 0.05) is 19.5 Å². The number of hydrogen-bond acceptors (Lipinski definition) is 5. The van der Waals surface area contributed by atoms with Crippen LogP contribution in [0.2, 0.25) is 0 Å². The molecule has 3 saturated carbocycles. The van der Waals surface area contributed by atoms with Crippen LogP contribution < -0.4 is 0 Å². The van der Waals surface area contributed by atoms with Gasteiger partial charge in [0.2, 0.25) is 0 Å². The minimum Gasteiger partial charge on any atom is -0.384 e. The van der Waals surface area contributed by atoms with Gasteiger partial charge in [0.25, 0.3) is 0 Å². The van der Waals surface area contributed by atoms with Gasteiger partial charge < -0.3 is 4.74 Å². The van der Waals surface area contributed by atoms with Crippen LogP contribution in [0.4, 0.5) is 0 Å². The lowest BCUT2D eigenvalue weighted by Gasteiger charge is -2.58. The molecule has 3 aliphatic rings. The second kappa shape index (κ2) is 9.63. The second-order valence-electron chi connectivity index (χ2n) is 10.1. The van der Waals surface area contributed by atoms with Crippen molar-refractivity contribution in [2.75, 3.05) is 13.7 Å². The Morgan fingerprint density at radius 1 is 1.07 bits per heavy atom. The third kappa shape index (κ3) is 5.81. The summed E-state index contributed by atoms with van der Waals surface area (Å²) in [4.78, 5) is 3.78. The maximum atomic E-state index is 11.0. The van der Waals surface area contributed by atoms with Crippen LogP contribution in [0.15, 0.2) is 30.6 Å². The Morgan fingerprint density at radius 3 is 2.37 bits per heavy atom. The van der Waals surface area contributed by atoms with Crippen LogP contribution in [-0.4, -0.2) is 37.8 Å². The van der Waals surface area contributed by atoms with Crippen molar-refractivity contribution < 1.29 is 21.9 Å². The summed E-state index contributed by atoms with van der Waals surface area (Å²) in [6, 6.07) is 5.72. The Kier molecular flexibility index (Phi) is 7.59. The third-order valence-electron chi connectivity index (χ3n) is 7.92. The van der Waals surface area contributed by atoms with Gasteiger partial charge >= 0.3 is 10.4 Å². The highest BCUT2D eigenvalue weighted by molar-refractivity contribution is 7.80. The van der Waals surface area contributed by atoms with E-state index >= 15 is 0 Å². The molecule has 0 saturated heterocycles. The van der Waals surface area contributed by atoms with E-state index in [9.17, 15) is 8.42 Å². The van der Waals surface area contributed by atoms with Crippen LogP contribution in [0.1, 0.15) is 65.2 Å². The first-order chi connectivity index (χ1) is 14.2. The van der Waals surface area contributed by atoms with Gasteiger partial charge in [-0.1, -0.05) is 19.9 Å². The topological polar surface area (TPSA) is 85.7 Å². The normalized spacial score (nSPS) is 38.5. The smallest absolute Gasteiger partial charge is 0.384 e. The van der Waals surface area contributed by atoms with Crippen molar-refractivity contribution in [3.63, 3.8) is 0 Å². The number of ether oxygens (including phenoxy) is 1. The van der Waals surface area contributed by atoms with Crippen LogP contribution in [-0.2, 0) is 19.3 Å². The van der Waals surface area contributed by atoms with E-state index in [1.54, 1.807) is 19.5 Å². The predicted molar refractivity (Wildman–Crippen MR) is 116 cm³/mol. The molecule has 6 nitrogen and oxygen atoms in total. The summed E-state index contributed by atoms with van der Waals surface area (Å²) in [7, 11) is -2.54. The van der Waals surface area contributed by atoms with Crippen LogP contribution in [0.3, 0.4) is 0 Å². The van der Waals surface area contributed by atoms with Crippen LogP contribution in [0, 0.1) is 28.6 Å². The molecule has 170 valence electrons. The highest BCUT2D eigenvalue weighted by atomic mass is 32.3. The lowest BCUT2D eigenvalue weighted by atomic mass is 9.47. The van der Waals surface area contributed by atoms with Gasteiger partial charge in [0.05, 0.1) is 12.7 Å². The summed E-state index contributed by atoms with van der Waals surface area (Å²) < 4.78 is 41.4. The van der Waals surface area contributed by atoms with Gasteiger partial charge in [-0.2, -0.15) is 8.42 Å². The Hall–Kier alpha value is -1.02. The monoisotopic (exact) mass is 439 g/mol. The van der Waals surface area contributed by atoms with Gasteiger partial charge in [0.1, 0.15) is 0 Å². The van der Waals surface area contributed by atoms with Gasteiger partial charge in [-0.3, -0.25) is 9.54 Å². The van der Waals surface area contributed by atoms with E-state index in [0.717, 1.165) is 44.1 Å². The summed E-state index contributed by atoms with van der Waals surface area (Å²) in [5, 5.41) is 0. The van der Waals surface area contributed by atoms with Crippen molar-refractivity contribution >= 4 is 10.4 Å². The third-order valence-corrected chi connectivity index (χ3v) is 8.43. The second-order valence-corrected chi connectivity index (χ2v) is 11.1. The Balaban J connectivity index is 0.000000367. The molecule has 1 aromatic heterocycles. The maximum absolute atomic E-state index is 11.0. The van der Waals surface area contributed by atoms with Crippen molar-refractivity contribution in [3.05, 3.63) is 30.6 Å². The van der Waals surface area contributed by atoms with Crippen LogP contribution >= 0.6 is 0 Å². The highest BCUT2D eigenvalue weighted by Crippen LogP contribution is 2.61. The molecule has 0 aliphatic heterocycles. The molecule has 4 rings (SSSR count). The molecule has 3 aliphatic carbocycles. The minimum atomic E-state index is -4.34. The standard InChI is InChI=1S/C18H32O5S.C5H5N/c1-17(12-22-3)8-7-16-13(11-17)4-5-14-10-15(23-24(19,20)21)6-9-18(14,16)2;1-2-4-6-5-3-1/h13-16H,4-12H2,1-3H3,(H,19,20,21);1-5H/t13-,14+,15+,16-,17-,18-;/m0./s1. The lowest BCUT2D eigenvalue weighted by molar-refractivity contribution is -0.106. The van der Waals surface area contributed by atoms with E-state index in [2.05, 4.69) is 18.8 Å². The fourth-order valence-corrected chi connectivity index (χ4v) is 7.09. The number of hydrogen-bond donors (Lipinski definition) is 1. The molecule has 0 bridgehead atoms. The molecular formula is C23H37NO5S. The summed E-state index contributed by atoms with van der Waals surface area (Å²) in [6.07, 6.45) is 11.7. The molecule has 30 heavy (non-hydrogen) atoms. The number of pyridine rings is 1. The first kappa shape index (κ1) is 23.6. The summed E-state index contributed by atoms with van der Waals surface area (Å²) in [5.74, 6) is 2.00. The van der Waals surface area contributed by atoms with Crippen molar-refractivity contribution in [2.24, 2.45) is 28.6 Å². The molecule has 3 fully saturated rings. The Bertz CT molecular complexity index is 746. The van der Waals surface area contributed by atoms with Gasteiger partial charge in [-0.05, 0) is 92.1 Å². The molecule has 0 aromatic carbocycles. The van der Waals surface area contributed by atoms with Crippen molar-refractivity contribution in [3.8, 4) is 0 Å². The van der Waals surface area contributed by atoms with Crippen molar-refractivity contribution in [1.82, 2.24) is 4.98 Å². The van der Waals surface area contributed by atoms with Gasteiger partial charge in [-0.15, -0.1) is 0 Å². The molecule has 0 unspecified atom stereocenters. The zero-order chi connectivity index (χ0) is 21.8. The molecule has 6 atom stereocenters. The molecule has 1 N–H and O–H groups in total. The van der Waals surface area contributed by atoms with Crippen LogP contribution in [0.25, 0.3) is 0 Å². The summed E-state index contributed by atoms with van der Waals surface area (Å²) in [6.45, 7) is 5.62. The van der Waals surface area contributed by atoms with E-state index in [1.165, 1.54) is 25.7 Å². The van der Waals surface area contributed by atoms with Crippen molar-refractivity contribution in [2.45, 2.75) is 71.3 Å². The quantitative estimate of drug-likeness (QED) is 0.670. The first-order valence-electron chi connectivity index (χ1n) is 11.1. The fourth-order valence-electron chi connectivity index (χ4n) is 6.57. The number of nitrogens with zero attached hydrogens (tertiary/aromatic N) is 1. The Morgan fingerprint density at radius 2 is 1.80 bits per heavy atom. The fraction of sp³-hybridized carbons (Fsp3) is 0.783. The minimum absolute atomic E-state index is 0.288. The molecule has 1 heterocycles. The van der Waals surface area contributed by atoms with E-state index in [4.69, 9.17) is 13.5 Å². The number of fused-ring (bicyclic) bond motifs is 3. The first-order valence-corrected chi connectivity index (χ1v) is 12.5.